The number of aliphatic hydroxyl groups is 1. The Hall–Kier alpha value is -2.18. The summed E-state index contributed by atoms with van der Waals surface area (Å²) in [5.41, 5.74) is 2.07. The number of benzene rings is 1. The molecule has 1 N–H and O–H groups in total. The molecule has 6 nitrogen and oxygen atoms in total. The van der Waals surface area contributed by atoms with Crippen LogP contribution in [0.1, 0.15) is 18.2 Å². The zero-order chi connectivity index (χ0) is 16.8. The SMILES string of the molecule is CCOc1ncnc2c1CN(C[C@@H](O)COc1ccccc1)CC2. The minimum absolute atomic E-state index is 0.275. The summed E-state index contributed by atoms with van der Waals surface area (Å²) in [5.74, 6) is 1.43. The molecule has 0 spiro atoms. The van der Waals surface area contributed by atoms with Gasteiger partial charge in [0.1, 0.15) is 24.8 Å². The Morgan fingerprint density at radius 3 is 2.83 bits per heavy atom. The fourth-order valence-electron chi connectivity index (χ4n) is 2.85. The van der Waals surface area contributed by atoms with E-state index in [1.807, 2.05) is 37.3 Å². The Bertz CT molecular complexity index is 651. The van der Waals surface area contributed by atoms with Gasteiger partial charge in [-0.25, -0.2) is 9.97 Å². The number of hydrogen-bond donors (Lipinski definition) is 1. The summed E-state index contributed by atoms with van der Waals surface area (Å²) >= 11 is 0. The number of nitrogens with zero attached hydrogens (tertiary/aromatic N) is 3. The molecule has 0 bridgehead atoms. The monoisotopic (exact) mass is 329 g/mol. The highest BCUT2D eigenvalue weighted by Crippen LogP contribution is 2.24. The number of aromatic nitrogens is 2. The Labute approximate surface area is 142 Å². The summed E-state index contributed by atoms with van der Waals surface area (Å²) in [6.07, 6.45) is 1.85. The highest BCUT2D eigenvalue weighted by atomic mass is 16.5. The van der Waals surface area contributed by atoms with Crippen molar-refractivity contribution in [2.75, 3.05) is 26.3 Å². The molecule has 0 saturated heterocycles. The number of para-hydroxylation sites is 1. The minimum Gasteiger partial charge on any atom is -0.491 e. The van der Waals surface area contributed by atoms with Crippen molar-refractivity contribution in [1.82, 2.24) is 14.9 Å². The average Bonchev–Trinajstić information content (AvgIpc) is 2.62. The van der Waals surface area contributed by atoms with Crippen molar-refractivity contribution < 1.29 is 14.6 Å². The minimum atomic E-state index is -0.549. The summed E-state index contributed by atoms with van der Waals surface area (Å²) in [7, 11) is 0. The molecule has 6 heteroatoms. The van der Waals surface area contributed by atoms with Crippen LogP contribution < -0.4 is 9.47 Å². The molecule has 2 heterocycles. The second-order valence-electron chi connectivity index (χ2n) is 5.80. The van der Waals surface area contributed by atoms with Crippen LogP contribution in [-0.2, 0) is 13.0 Å². The maximum absolute atomic E-state index is 10.3. The molecule has 0 fully saturated rings. The number of fused-ring (bicyclic) bond motifs is 1. The molecule has 0 saturated carbocycles. The van der Waals surface area contributed by atoms with Gasteiger partial charge in [-0.1, -0.05) is 18.2 Å². The first kappa shape index (κ1) is 16.7. The fourth-order valence-corrected chi connectivity index (χ4v) is 2.85. The smallest absolute Gasteiger partial charge is 0.221 e. The molecule has 1 aromatic heterocycles. The van der Waals surface area contributed by atoms with E-state index in [2.05, 4.69) is 14.9 Å². The van der Waals surface area contributed by atoms with Crippen LogP contribution in [0.25, 0.3) is 0 Å². The molecule has 24 heavy (non-hydrogen) atoms. The van der Waals surface area contributed by atoms with Crippen molar-refractivity contribution in [2.45, 2.75) is 26.0 Å². The molecule has 128 valence electrons. The van der Waals surface area contributed by atoms with E-state index in [-0.39, 0.29) is 6.61 Å². The van der Waals surface area contributed by atoms with Crippen molar-refractivity contribution in [3.05, 3.63) is 47.9 Å². The second kappa shape index (κ2) is 8.08. The molecule has 1 aliphatic rings. The predicted molar refractivity (Wildman–Crippen MR) is 90.1 cm³/mol. The van der Waals surface area contributed by atoms with Gasteiger partial charge in [-0.2, -0.15) is 0 Å². The maximum Gasteiger partial charge on any atom is 0.221 e. The number of rotatable bonds is 7. The van der Waals surface area contributed by atoms with Gasteiger partial charge in [0.25, 0.3) is 0 Å². The molecule has 0 unspecified atom stereocenters. The highest BCUT2D eigenvalue weighted by Gasteiger charge is 2.23. The maximum atomic E-state index is 10.3. The van der Waals surface area contributed by atoms with Crippen molar-refractivity contribution in [3.63, 3.8) is 0 Å². The molecule has 2 aromatic rings. The third kappa shape index (κ3) is 4.21. The first-order chi connectivity index (χ1) is 11.8. The molecular weight excluding hydrogens is 306 g/mol. The van der Waals surface area contributed by atoms with Crippen LogP contribution in [0, 0.1) is 0 Å². The van der Waals surface area contributed by atoms with Crippen molar-refractivity contribution >= 4 is 0 Å². The van der Waals surface area contributed by atoms with Crippen molar-refractivity contribution in [3.8, 4) is 11.6 Å². The first-order valence-corrected chi connectivity index (χ1v) is 8.30. The first-order valence-electron chi connectivity index (χ1n) is 8.30. The summed E-state index contributed by atoms with van der Waals surface area (Å²) < 4.78 is 11.2. The van der Waals surface area contributed by atoms with E-state index in [0.29, 0.717) is 25.6 Å². The summed E-state index contributed by atoms with van der Waals surface area (Å²) in [5, 5.41) is 10.3. The molecular formula is C18H23N3O3. The second-order valence-corrected chi connectivity index (χ2v) is 5.80. The van der Waals surface area contributed by atoms with Gasteiger partial charge in [0.05, 0.1) is 12.3 Å². The number of ether oxygens (including phenoxy) is 2. The van der Waals surface area contributed by atoms with Gasteiger partial charge in [0, 0.05) is 31.6 Å². The van der Waals surface area contributed by atoms with E-state index < -0.39 is 6.10 Å². The van der Waals surface area contributed by atoms with Crippen molar-refractivity contribution in [1.29, 1.82) is 0 Å². The van der Waals surface area contributed by atoms with Crippen LogP contribution in [0.4, 0.5) is 0 Å². The van der Waals surface area contributed by atoms with Crippen LogP contribution in [0.5, 0.6) is 11.6 Å². The summed E-state index contributed by atoms with van der Waals surface area (Å²) in [6.45, 7) is 4.90. The van der Waals surface area contributed by atoms with Crippen LogP contribution in [0.2, 0.25) is 0 Å². The van der Waals surface area contributed by atoms with Gasteiger partial charge in [-0.05, 0) is 19.1 Å². The van der Waals surface area contributed by atoms with Gasteiger partial charge in [0.2, 0.25) is 5.88 Å². The molecule has 1 aliphatic heterocycles. The lowest BCUT2D eigenvalue weighted by molar-refractivity contribution is 0.0629. The standard InChI is InChI=1S/C18H23N3O3/c1-2-23-18-16-11-21(9-8-17(16)19-13-20-18)10-14(22)12-24-15-6-4-3-5-7-15/h3-7,13-14,22H,2,8-12H2,1H3/t14-/m1/s1. The number of aliphatic hydroxyl groups excluding tert-OH is 1. The normalized spacial score (nSPS) is 15.6. The Kier molecular flexibility index (Phi) is 5.61. The molecule has 0 aliphatic carbocycles. The van der Waals surface area contributed by atoms with E-state index in [1.54, 1.807) is 6.33 Å². The third-order valence-corrected chi connectivity index (χ3v) is 3.98. The van der Waals surface area contributed by atoms with Gasteiger partial charge in [-0.3, -0.25) is 4.90 Å². The fraction of sp³-hybridized carbons (Fsp3) is 0.444. The third-order valence-electron chi connectivity index (χ3n) is 3.98. The van der Waals surface area contributed by atoms with E-state index in [0.717, 1.165) is 30.0 Å². The Morgan fingerprint density at radius 1 is 1.21 bits per heavy atom. The average molecular weight is 329 g/mol. The van der Waals surface area contributed by atoms with E-state index in [9.17, 15) is 5.11 Å². The van der Waals surface area contributed by atoms with Crippen LogP contribution in [0.15, 0.2) is 36.7 Å². The van der Waals surface area contributed by atoms with E-state index in [4.69, 9.17) is 9.47 Å². The molecule has 1 atom stereocenters. The largest absolute Gasteiger partial charge is 0.491 e. The zero-order valence-corrected chi connectivity index (χ0v) is 13.9. The number of hydrogen-bond acceptors (Lipinski definition) is 6. The molecule has 0 amide bonds. The van der Waals surface area contributed by atoms with Gasteiger partial charge in [0.15, 0.2) is 0 Å². The Morgan fingerprint density at radius 2 is 2.04 bits per heavy atom. The lowest BCUT2D eigenvalue weighted by atomic mass is 10.1. The van der Waals surface area contributed by atoms with Crippen molar-refractivity contribution in [2.24, 2.45) is 0 Å². The van der Waals surface area contributed by atoms with E-state index in [1.165, 1.54) is 0 Å². The summed E-state index contributed by atoms with van der Waals surface area (Å²) in [6, 6.07) is 9.54. The predicted octanol–water partition coefficient (Wildman–Crippen LogP) is 1.67. The van der Waals surface area contributed by atoms with Crippen LogP contribution >= 0.6 is 0 Å². The summed E-state index contributed by atoms with van der Waals surface area (Å²) in [4.78, 5) is 10.8. The lowest BCUT2D eigenvalue weighted by Gasteiger charge is -2.30. The van der Waals surface area contributed by atoms with Gasteiger partial charge < -0.3 is 14.6 Å². The van der Waals surface area contributed by atoms with Gasteiger partial charge >= 0.3 is 0 Å². The van der Waals surface area contributed by atoms with Crippen LogP contribution in [0.3, 0.4) is 0 Å². The van der Waals surface area contributed by atoms with Crippen LogP contribution in [-0.4, -0.2) is 52.4 Å². The lowest BCUT2D eigenvalue weighted by Crippen LogP contribution is -2.39. The van der Waals surface area contributed by atoms with Gasteiger partial charge in [-0.15, -0.1) is 0 Å². The molecule has 0 radical (unpaired) electrons. The Balaban J connectivity index is 1.55. The number of β-amino-alcohol motifs (C(OH)–C–C–N with tert-alkyl or cyclic N) is 1. The highest BCUT2D eigenvalue weighted by molar-refractivity contribution is 5.31. The zero-order valence-electron chi connectivity index (χ0n) is 13.9. The molecule has 1 aromatic carbocycles. The molecule has 3 rings (SSSR count). The van der Waals surface area contributed by atoms with E-state index >= 15 is 0 Å². The topological polar surface area (TPSA) is 67.7 Å². The quantitative estimate of drug-likeness (QED) is 0.833.